The van der Waals surface area contributed by atoms with Crippen molar-refractivity contribution in [1.82, 2.24) is 0 Å². The average molecular weight is 231 g/mol. The highest BCUT2D eigenvalue weighted by Gasteiger charge is 1.72. The zero-order valence-electron chi connectivity index (χ0n) is 10.4. The Morgan fingerprint density at radius 3 is 1.19 bits per heavy atom. The summed E-state index contributed by atoms with van der Waals surface area (Å²) in [4.78, 5) is 0. The number of anilines is 1. The summed E-state index contributed by atoms with van der Waals surface area (Å²) in [6.07, 6.45) is 0. The van der Waals surface area contributed by atoms with Gasteiger partial charge in [0.1, 0.15) is 0 Å². The monoisotopic (exact) mass is 231 g/mol. The highest BCUT2D eigenvalue weighted by molar-refractivity contribution is 5.35. The van der Waals surface area contributed by atoms with E-state index in [-0.39, 0.29) is 19.8 Å². The van der Waals surface area contributed by atoms with Crippen molar-refractivity contribution in [3.8, 4) is 0 Å². The molecular weight excluding hydrogens is 206 g/mol. The summed E-state index contributed by atoms with van der Waals surface area (Å²) in [5, 5.41) is 22.7. The zero-order chi connectivity index (χ0) is 13.2. The van der Waals surface area contributed by atoms with Crippen LogP contribution < -0.4 is 5.73 Å². The van der Waals surface area contributed by atoms with Gasteiger partial charge in [0.25, 0.3) is 0 Å². The second-order valence-corrected chi connectivity index (χ2v) is 2.36. The predicted octanol–water partition coefficient (Wildman–Crippen LogP) is 1.26. The molecule has 0 heterocycles. The third-order valence-corrected chi connectivity index (χ3v) is 0.800. The minimum Gasteiger partial charge on any atom is -0.399 e. The van der Waals surface area contributed by atoms with Crippen LogP contribution in [0.4, 0.5) is 5.69 Å². The van der Waals surface area contributed by atoms with Crippen LogP contribution in [0.25, 0.3) is 0 Å². The van der Waals surface area contributed by atoms with Gasteiger partial charge in [-0.25, -0.2) is 0 Å². The number of benzene rings is 1. The molecule has 0 saturated carbocycles. The number of hydrogen-bond acceptors (Lipinski definition) is 4. The molecule has 0 amide bonds. The molecule has 0 unspecified atom stereocenters. The molecule has 5 N–H and O–H groups in total. The lowest BCUT2D eigenvalue weighted by Gasteiger charge is -1.83. The first-order valence-electron chi connectivity index (χ1n) is 5.27. The second kappa shape index (κ2) is 23.6. The van der Waals surface area contributed by atoms with Crippen molar-refractivity contribution in [1.29, 1.82) is 0 Å². The average Bonchev–Trinajstić information content (AvgIpc) is 2.22. The van der Waals surface area contributed by atoms with E-state index in [9.17, 15) is 0 Å². The van der Waals surface area contributed by atoms with E-state index in [0.717, 1.165) is 5.69 Å². The van der Waals surface area contributed by atoms with Crippen molar-refractivity contribution in [3.05, 3.63) is 30.3 Å². The van der Waals surface area contributed by atoms with E-state index in [0.29, 0.717) is 0 Å². The molecule has 0 saturated heterocycles. The number of nitrogens with two attached hydrogens (primary N) is 1. The van der Waals surface area contributed by atoms with E-state index >= 15 is 0 Å². The molecule has 0 aromatic heterocycles. The van der Waals surface area contributed by atoms with E-state index < -0.39 is 0 Å². The fourth-order valence-corrected chi connectivity index (χ4v) is 0.453. The van der Waals surface area contributed by atoms with Gasteiger partial charge in [0, 0.05) is 25.5 Å². The molecule has 0 bridgehead atoms. The lowest BCUT2D eigenvalue weighted by Crippen LogP contribution is -1.79. The normalized spacial score (nSPS) is 7.12. The summed E-state index contributed by atoms with van der Waals surface area (Å²) in [6.45, 7) is 5.79. The molecule has 0 aliphatic carbocycles. The zero-order valence-corrected chi connectivity index (χ0v) is 10.4. The number of aliphatic hydroxyl groups is 3. The Labute approximate surface area is 98.4 Å². The first-order valence-corrected chi connectivity index (χ1v) is 5.27. The molecule has 0 radical (unpaired) electrons. The molecule has 0 fully saturated rings. The fourth-order valence-electron chi connectivity index (χ4n) is 0.453. The lowest BCUT2D eigenvalue weighted by atomic mass is 10.3. The Morgan fingerprint density at radius 2 is 1.06 bits per heavy atom. The summed E-state index contributed by atoms with van der Waals surface area (Å²) >= 11 is 0. The van der Waals surface area contributed by atoms with Gasteiger partial charge in [0.15, 0.2) is 0 Å². The van der Waals surface area contributed by atoms with Crippen LogP contribution in [-0.2, 0) is 0 Å². The molecule has 0 spiro atoms. The van der Waals surface area contributed by atoms with Crippen molar-refractivity contribution in [2.24, 2.45) is 0 Å². The first kappa shape index (κ1) is 20.3. The van der Waals surface area contributed by atoms with Crippen molar-refractivity contribution in [2.75, 3.05) is 25.6 Å². The Kier molecular flexibility index (Phi) is 30.0. The lowest BCUT2D eigenvalue weighted by molar-refractivity contribution is 0.318. The number of hydrogen-bond donors (Lipinski definition) is 4. The van der Waals surface area contributed by atoms with Gasteiger partial charge in [-0.15, -0.1) is 0 Å². The van der Waals surface area contributed by atoms with Crippen LogP contribution in [0.15, 0.2) is 30.3 Å². The maximum atomic E-state index is 7.57. The number of aliphatic hydroxyl groups excluding tert-OH is 3. The van der Waals surface area contributed by atoms with Gasteiger partial charge in [-0.2, -0.15) is 0 Å². The van der Waals surface area contributed by atoms with Gasteiger partial charge in [-0.1, -0.05) is 18.2 Å². The van der Waals surface area contributed by atoms with Crippen LogP contribution in [0.3, 0.4) is 0 Å². The molecule has 4 nitrogen and oxygen atoms in total. The largest absolute Gasteiger partial charge is 0.399 e. The van der Waals surface area contributed by atoms with Crippen LogP contribution in [0.2, 0.25) is 0 Å². The first-order chi connectivity index (χ1) is 7.64. The maximum absolute atomic E-state index is 7.57. The molecule has 0 atom stereocenters. The molecule has 0 aliphatic heterocycles. The van der Waals surface area contributed by atoms with Crippen molar-refractivity contribution < 1.29 is 15.3 Å². The minimum atomic E-state index is 0.250. The Hall–Kier alpha value is -1.10. The van der Waals surface area contributed by atoms with Crippen LogP contribution >= 0.6 is 0 Å². The smallest absolute Gasteiger partial charge is 0.0402 e. The van der Waals surface area contributed by atoms with Crippen LogP contribution in [0.5, 0.6) is 0 Å². The summed E-state index contributed by atoms with van der Waals surface area (Å²) in [6, 6.07) is 9.49. The summed E-state index contributed by atoms with van der Waals surface area (Å²) in [7, 11) is 0. The summed E-state index contributed by atoms with van der Waals surface area (Å²) in [5.74, 6) is 0. The topological polar surface area (TPSA) is 86.7 Å². The molecule has 1 aromatic rings. The van der Waals surface area contributed by atoms with E-state index in [1.54, 1.807) is 20.8 Å². The van der Waals surface area contributed by atoms with Crippen molar-refractivity contribution in [3.63, 3.8) is 0 Å². The highest BCUT2D eigenvalue weighted by atomic mass is 16.3. The molecule has 96 valence electrons. The van der Waals surface area contributed by atoms with Gasteiger partial charge in [-0.3, -0.25) is 0 Å². The highest BCUT2D eigenvalue weighted by Crippen LogP contribution is 1.95. The van der Waals surface area contributed by atoms with E-state index in [1.807, 2.05) is 30.3 Å². The fraction of sp³-hybridized carbons (Fsp3) is 0.500. The van der Waals surface area contributed by atoms with Crippen LogP contribution in [-0.4, -0.2) is 35.1 Å². The number of para-hydroxylation sites is 1. The second-order valence-electron chi connectivity index (χ2n) is 2.36. The molecule has 1 rings (SSSR count). The van der Waals surface area contributed by atoms with Gasteiger partial charge in [0.05, 0.1) is 0 Å². The SMILES string of the molecule is CCO.CCO.CCO.Nc1ccccc1. The molecule has 4 heteroatoms. The number of nitrogen functional groups attached to an aromatic ring is 1. The third kappa shape index (κ3) is 38.4. The van der Waals surface area contributed by atoms with Crippen LogP contribution in [0.1, 0.15) is 20.8 Å². The van der Waals surface area contributed by atoms with Gasteiger partial charge in [-0.05, 0) is 32.9 Å². The third-order valence-electron chi connectivity index (χ3n) is 0.800. The summed E-state index contributed by atoms with van der Waals surface area (Å²) in [5.41, 5.74) is 6.18. The Morgan fingerprint density at radius 1 is 0.812 bits per heavy atom. The predicted molar refractivity (Wildman–Crippen MR) is 69.1 cm³/mol. The maximum Gasteiger partial charge on any atom is 0.0402 e. The quantitative estimate of drug-likeness (QED) is 0.506. The van der Waals surface area contributed by atoms with Crippen molar-refractivity contribution >= 4 is 5.69 Å². The Bertz CT molecular complexity index is 176. The van der Waals surface area contributed by atoms with Crippen LogP contribution in [0, 0.1) is 0 Å². The van der Waals surface area contributed by atoms with Gasteiger partial charge >= 0.3 is 0 Å². The molecule has 1 aromatic carbocycles. The minimum absolute atomic E-state index is 0.250. The number of rotatable bonds is 0. The van der Waals surface area contributed by atoms with Gasteiger partial charge in [0.2, 0.25) is 0 Å². The standard InChI is InChI=1S/C6H7N.3C2H6O/c7-6-4-2-1-3-5-6;3*1-2-3/h1-5H,7H2;3*3H,2H2,1H3. The molecular formula is C12H25NO3. The van der Waals surface area contributed by atoms with E-state index in [2.05, 4.69) is 0 Å². The molecule has 0 aliphatic rings. The van der Waals surface area contributed by atoms with Crippen molar-refractivity contribution in [2.45, 2.75) is 20.8 Å². The van der Waals surface area contributed by atoms with E-state index in [4.69, 9.17) is 21.1 Å². The van der Waals surface area contributed by atoms with E-state index in [1.165, 1.54) is 0 Å². The van der Waals surface area contributed by atoms with Gasteiger partial charge < -0.3 is 21.1 Å². The summed E-state index contributed by atoms with van der Waals surface area (Å²) < 4.78 is 0. The molecule has 16 heavy (non-hydrogen) atoms. The Balaban J connectivity index is -0.000000161.